The molecule has 3 aromatic rings. The van der Waals surface area contributed by atoms with Gasteiger partial charge in [0.15, 0.2) is 12.7 Å². The van der Waals surface area contributed by atoms with Gasteiger partial charge in [-0.15, -0.1) is 11.3 Å². The number of nitrogens with zero attached hydrogens (tertiary/aromatic N) is 5. The quantitative estimate of drug-likeness (QED) is 0.357. The minimum atomic E-state index is -4.25. The molecule has 1 fully saturated rings. The van der Waals surface area contributed by atoms with E-state index in [-0.39, 0.29) is 24.3 Å². The summed E-state index contributed by atoms with van der Waals surface area (Å²) in [6.07, 6.45) is 4.18. The Hall–Kier alpha value is -3.33. The van der Waals surface area contributed by atoms with Crippen LogP contribution in [-0.4, -0.2) is 71.2 Å². The van der Waals surface area contributed by atoms with Gasteiger partial charge in [0.2, 0.25) is 11.8 Å². The van der Waals surface area contributed by atoms with Crippen molar-refractivity contribution in [2.45, 2.75) is 37.0 Å². The fourth-order valence-electron chi connectivity index (χ4n) is 4.66. The summed E-state index contributed by atoms with van der Waals surface area (Å²) >= 11 is 7.90. The van der Waals surface area contributed by atoms with Crippen molar-refractivity contribution < 1.29 is 32.1 Å². The van der Waals surface area contributed by atoms with E-state index in [4.69, 9.17) is 30.9 Å². The van der Waals surface area contributed by atoms with Crippen LogP contribution in [0.1, 0.15) is 53.1 Å². The third kappa shape index (κ3) is 6.69. The van der Waals surface area contributed by atoms with Crippen LogP contribution in [0.15, 0.2) is 41.1 Å². The maximum atomic E-state index is 12.6. The zero-order valence-corrected chi connectivity index (χ0v) is 23.8. The van der Waals surface area contributed by atoms with Crippen LogP contribution in [0.5, 0.6) is 11.8 Å². The van der Waals surface area contributed by atoms with E-state index in [1.54, 1.807) is 23.1 Å². The van der Waals surface area contributed by atoms with Gasteiger partial charge in [0.25, 0.3) is 16.0 Å². The average Bonchev–Trinajstić information content (AvgIpc) is 3.62. The Labute approximate surface area is 239 Å². The number of amides is 1. The molecule has 0 radical (unpaired) electrons. The summed E-state index contributed by atoms with van der Waals surface area (Å²) in [4.78, 5) is 32.9. The zero-order valence-electron chi connectivity index (χ0n) is 21.4. The number of aromatic nitrogens is 3. The van der Waals surface area contributed by atoms with Crippen molar-refractivity contribution in [1.82, 2.24) is 19.9 Å². The molecule has 2 aliphatic rings. The normalized spacial score (nSPS) is 17.8. The molecule has 5 rings (SSSR count). The summed E-state index contributed by atoms with van der Waals surface area (Å²) in [7, 11) is -2.77. The molecule has 2 aliphatic heterocycles. The second-order valence-corrected chi connectivity index (χ2v) is 12.0. The second kappa shape index (κ2) is 12.0. The van der Waals surface area contributed by atoms with E-state index < -0.39 is 22.0 Å². The largest absolute Gasteiger partial charge is 0.480 e. The van der Waals surface area contributed by atoms with Crippen molar-refractivity contribution in [3.63, 3.8) is 0 Å². The van der Waals surface area contributed by atoms with Gasteiger partial charge in [-0.05, 0) is 24.5 Å². The third-order valence-electron chi connectivity index (χ3n) is 6.63. The topological polar surface area (TPSA) is 153 Å². The highest BCUT2D eigenvalue weighted by molar-refractivity contribution is 7.85. The Morgan fingerprint density at radius 1 is 1.23 bits per heavy atom. The third-order valence-corrected chi connectivity index (χ3v) is 8.64. The summed E-state index contributed by atoms with van der Waals surface area (Å²) in [6, 6.07) is 4.85. The molecule has 0 bridgehead atoms. The van der Waals surface area contributed by atoms with Crippen molar-refractivity contribution in [3.05, 3.63) is 62.8 Å². The molecule has 1 N–H and O–H groups in total. The Kier molecular flexibility index (Phi) is 8.49. The number of hydrogen-bond acceptors (Lipinski definition) is 11. The van der Waals surface area contributed by atoms with E-state index >= 15 is 0 Å². The van der Waals surface area contributed by atoms with Crippen LogP contribution in [0.25, 0.3) is 0 Å². The molecule has 1 atom stereocenters. The first-order valence-corrected chi connectivity index (χ1v) is 15.2. The number of oxime groups is 1. The molecule has 1 saturated heterocycles. The standard InChI is InChI=1S/C25H26ClN5O7S2/c1-36-21-10-27-11-22(29-21)37-12-23(32)31-7-5-15(6-8-31)25-28-19(13-39-25)18-9-20(38-30-18)24-16(14-40(33,34)35)3-2-4-17(24)26/h2-4,10-11,13,15,20H,5-9,12,14H2,1H3,(H,33,34,35). The van der Waals surface area contributed by atoms with Gasteiger partial charge < -0.3 is 19.2 Å². The van der Waals surface area contributed by atoms with Crippen molar-refractivity contribution in [3.8, 4) is 11.8 Å². The highest BCUT2D eigenvalue weighted by Crippen LogP contribution is 2.38. The maximum Gasteiger partial charge on any atom is 0.269 e. The number of likely N-dealkylation sites (tertiary alicyclic amines) is 1. The number of rotatable bonds is 9. The smallest absolute Gasteiger partial charge is 0.269 e. The zero-order chi connectivity index (χ0) is 28.3. The lowest BCUT2D eigenvalue weighted by Gasteiger charge is -2.31. The van der Waals surface area contributed by atoms with Crippen molar-refractivity contribution >= 4 is 44.7 Å². The number of piperidine rings is 1. The first kappa shape index (κ1) is 28.2. The summed E-state index contributed by atoms with van der Waals surface area (Å²) < 4.78 is 42.8. The first-order chi connectivity index (χ1) is 19.2. The fourth-order valence-corrected chi connectivity index (χ4v) is 6.62. The molecule has 1 aromatic carbocycles. The van der Waals surface area contributed by atoms with E-state index in [9.17, 15) is 17.8 Å². The van der Waals surface area contributed by atoms with Crippen LogP contribution in [-0.2, 0) is 25.5 Å². The molecule has 12 nitrogen and oxygen atoms in total. The predicted molar refractivity (Wildman–Crippen MR) is 146 cm³/mol. The monoisotopic (exact) mass is 607 g/mol. The van der Waals surface area contributed by atoms with Gasteiger partial charge in [-0.1, -0.05) is 28.9 Å². The Morgan fingerprint density at radius 3 is 2.75 bits per heavy atom. The lowest BCUT2D eigenvalue weighted by Crippen LogP contribution is -2.40. The molecule has 40 heavy (non-hydrogen) atoms. The van der Waals surface area contributed by atoms with Crippen molar-refractivity contribution in [2.24, 2.45) is 5.16 Å². The Bertz CT molecular complexity index is 1520. The summed E-state index contributed by atoms with van der Waals surface area (Å²) in [5.41, 5.74) is 2.17. The molecular formula is C25H26ClN5O7S2. The highest BCUT2D eigenvalue weighted by atomic mass is 35.5. The minimum Gasteiger partial charge on any atom is -0.480 e. The molecule has 4 heterocycles. The highest BCUT2D eigenvalue weighted by Gasteiger charge is 2.31. The Morgan fingerprint density at radius 2 is 2.00 bits per heavy atom. The fraction of sp³-hybridized carbons (Fsp3) is 0.400. The second-order valence-electron chi connectivity index (χ2n) is 9.29. The SMILES string of the molecule is COc1cncc(OCC(=O)N2CCC(c3nc(C4=NOC(c5c(Cl)cccc5CS(=O)(=O)O)C4)cs3)CC2)n1. The number of hydrogen-bond donors (Lipinski definition) is 1. The number of carbonyl (C=O) groups is 1. The molecule has 212 valence electrons. The number of thiazole rings is 1. The Balaban J connectivity index is 1.15. The molecular weight excluding hydrogens is 582 g/mol. The molecule has 0 saturated carbocycles. The molecule has 1 unspecified atom stereocenters. The number of ether oxygens (including phenoxy) is 2. The van der Waals surface area contributed by atoms with Crippen LogP contribution in [0.4, 0.5) is 0 Å². The predicted octanol–water partition coefficient (Wildman–Crippen LogP) is 3.63. The van der Waals surface area contributed by atoms with Gasteiger partial charge in [0.05, 0.1) is 30.2 Å². The summed E-state index contributed by atoms with van der Waals surface area (Å²) in [5, 5.41) is 7.42. The lowest BCUT2D eigenvalue weighted by molar-refractivity contribution is -0.134. The summed E-state index contributed by atoms with van der Waals surface area (Å²) in [5.74, 6) is 0.0468. The molecule has 0 aliphatic carbocycles. The number of carbonyl (C=O) groups excluding carboxylic acids is 1. The van der Waals surface area contributed by atoms with Crippen molar-refractivity contribution in [1.29, 1.82) is 0 Å². The van der Waals surface area contributed by atoms with Gasteiger partial charge in [0, 0.05) is 41.4 Å². The van der Waals surface area contributed by atoms with Crippen LogP contribution >= 0.6 is 22.9 Å². The van der Waals surface area contributed by atoms with Crippen LogP contribution < -0.4 is 9.47 Å². The molecule has 2 aromatic heterocycles. The van der Waals surface area contributed by atoms with Gasteiger partial charge in [-0.3, -0.25) is 14.3 Å². The lowest BCUT2D eigenvalue weighted by atomic mass is 9.97. The van der Waals surface area contributed by atoms with E-state index in [2.05, 4.69) is 15.1 Å². The van der Waals surface area contributed by atoms with E-state index in [0.29, 0.717) is 52.9 Å². The van der Waals surface area contributed by atoms with Gasteiger partial charge >= 0.3 is 0 Å². The number of benzene rings is 1. The maximum absolute atomic E-state index is 12.6. The van der Waals surface area contributed by atoms with E-state index in [1.807, 2.05) is 5.38 Å². The molecule has 1 amide bonds. The summed E-state index contributed by atoms with van der Waals surface area (Å²) in [6.45, 7) is 1.04. The van der Waals surface area contributed by atoms with E-state index in [0.717, 1.165) is 17.8 Å². The van der Waals surface area contributed by atoms with Crippen LogP contribution in [0.2, 0.25) is 5.02 Å². The number of methoxy groups -OCH3 is 1. The first-order valence-electron chi connectivity index (χ1n) is 12.4. The molecule has 15 heteroatoms. The van der Waals surface area contributed by atoms with Gasteiger partial charge in [-0.2, -0.15) is 13.4 Å². The van der Waals surface area contributed by atoms with Crippen LogP contribution in [0, 0.1) is 0 Å². The van der Waals surface area contributed by atoms with E-state index in [1.165, 1.54) is 30.8 Å². The minimum absolute atomic E-state index is 0.126. The van der Waals surface area contributed by atoms with Crippen LogP contribution in [0.3, 0.4) is 0 Å². The van der Waals surface area contributed by atoms with Gasteiger partial charge in [-0.25, -0.2) is 4.98 Å². The van der Waals surface area contributed by atoms with Gasteiger partial charge in [0.1, 0.15) is 11.5 Å². The average molecular weight is 608 g/mol. The van der Waals surface area contributed by atoms with Crippen molar-refractivity contribution in [2.75, 3.05) is 26.8 Å². The molecule has 0 spiro atoms. The number of halogens is 1.